The summed E-state index contributed by atoms with van der Waals surface area (Å²) in [5.41, 5.74) is -1.68. The lowest BCUT2D eigenvalue weighted by Gasteiger charge is -2.33. The third kappa shape index (κ3) is 8.10. The molecule has 3 N–H and O–H groups in total. The van der Waals surface area contributed by atoms with E-state index in [4.69, 9.17) is 14.2 Å². The molecule has 3 heterocycles. The van der Waals surface area contributed by atoms with Gasteiger partial charge < -0.3 is 29.7 Å². The molecule has 0 radical (unpaired) electrons. The molecule has 0 spiro atoms. The molecule has 1 aromatic carbocycles. The molecule has 7 atom stereocenters. The van der Waals surface area contributed by atoms with Crippen molar-refractivity contribution in [1.82, 2.24) is 25.2 Å². The van der Waals surface area contributed by atoms with Crippen LogP contribution in [0.2, 0.25) is 0 Å². The standard InChI is InChI=1S/C39H50FN5O9S/c1-23-8-4-5-9-26-21-39(26,36(48)44-55(50,51)38(40)15-16-38)43-33(46)31-20-29(53-34-30-13-12-28(52-3)19-25(30)14-17-41-34)22-45(31)35(47)32(24(2)18-23)42-37(49)54-27-10-6-7-11-27/h5,9,12-14,17,19,23-24,26-27,29,31-32H,4,6-8,10-11,15-16,18,20-22H2,1-3H3,(H,42,49)(H,43,46)(H,44,48)/b9-5-/t23-,24-,26-,29-,31+,32+,39-/m1/s1. The first-order valence-corrected chi connectivity index (χ1v) is 20.8. The SMILES string of the molecule is COc1ccc2c(O[C@@H]3C[C@H]4C(=O)N[C@]5(C(=O)NS(=O)(=O)C6(F)CC6)C[C@H]5/C=C\CC[C@@H](C)C[C@@H](C)[C@H](NC(=O)OC5CCCC5)C(=O)N4C3)nccc2c1. The number of rotatable bonds is 8. The number of hydrogen-bond acceptors (Lipinski definition) is 10. The molecular formula is C39H50FN5O9S. The van der Waals surface area contributed by atoms with Gasteiger partial charge in [0.2, 0.25) is 22.7 Å². The summed E-state index contributed by atoms with van der Waals surface area (Å²) in [6.07, 6.45) is 8.59. The third-order valence-corrected chi connectivity index (χ3v) is 13.7. The molecule has 55 heavy (non-hydrogen) atoms. The van der Waals surface area contributed by atoms with Crippen molar-refractivity contribution in [2.45, 2.75) is 119 Å². The molecule has 298 valence electrons. The minimum Gasteiger partial charge on any atom is -0.497 e. The molecule has 7 rings (SSSR count). The van der Waals surface area contributed by atoms with Crippen molar-refractivity contribution >= 4 is 44.6 Å². The molecule has 16 heteroatoms. The highest BCUT2D eigenvalue weighted by molar-refractivity contribution is 7.91. The Morgan fingerprint density at radius 3 is 2.55 bits per heavy atom. The summed E-state index contributed by atoms with van der Waals surface area (Å²) in [5.74, 6) is -2.10. The molecule has 2 aliphatic heterocycles. The molecule has 1 aromatic heterocycles. The smallest absolute Gasteiger partial charge is 0.408 e. The van der Waals surface area contributed by atoms with Crippen LogP contribution in [0.1, 0.15) is 84.5 Å². The number of methoxy groups -OCH3 is 1. The summed E-state index contributed by atoms with van der Waals surface area (Å²) >= 11 is 0. The molecule has 1 saturated heterocycles. The number of nitrogens with zero attached hydrogens (tertiary/aromatic N) is 2. The summed E-state index contributed by atoms with van der Waals surface area (Å²) in [6.45, 7) is 3.90. The second-order valence-corrected chi connectivity index (χ2v) is 18.0. The number of aromatic nitrogens is 1. The number of benzene rings is 1. The molecule has 0 bridgehead atoms. The zero-order chi connectivity index (χ0) is 39.1. The van der Waals surface area contributed by atoms with Gasteiger partial charge in [-0.25, -0.2) is 27.3 Å². The fraction of sp³-hybridized carbons (Fsp3) is 0.615. The number of carbonyl (C=O) groups is 4. The lowest BCUT2D eigenvalue weighted by Crippen LogP contribution is -2.59. The summed E-state index contributed by atoms with van der Waals surface area (Å²) < 4.78 is 59.8. The van der Waals surface area contributed by atoms with Gasteiger partial charge in [-0.15, -0.1) is 0 Å². The van der Waals surface area contributed by atoms with Crippen LogP contribution in [0, 0.1) is 17.8 Å². The van der Waals surface area contributed by atoms with Crippen molar-refractivity contribution < 1.29 is 46.2 Å². The highest BCUT2D eigenvalue weighted by atomic mass is 32.2. The molecule has 4 amide bonds. The van der Waals surface area contributed by atoms with Crippen molar-refractivity contribution in [3.63, 3.8) is 0 Å². The van der Waals surface area contributed by atoms with Gasteiger partial charge in [-0.05, 0) is 92.9 Å². The maximum absolute atomic E-state index is 14.8. The predicted molar refractivity (Wildman–Crippen MR) is 199 cm³/mol. The average molecular weight is 784 g/mol. The Morgan fingerprint density at radius 2 is 1.82 bits per heavy atom. The van der Waals surface area contributed by atoms with E-state index in [0.29, 0.717) is 24.0 Å². The van der Waals surface area contributed by atoms with Crippen LogP contribution in [-0.2, 0) is 29.1 Å². The number of allylic oxidation sites excluding steroid dienone is 1. The van der Waals surface area contributed by atoms with E-state index in [9.17, 15) is 32.0 Å². The van der Waals surface area contributed by atoms with Crippen LogP contribution >= 0.6 is 0 Å². The number of alkyl carbamates (subject to hydrolysis) is 1. The van der Waals surface area contributed by atoms with Gasteiger partial charge in [0.05, 0.1) is 13.7 Å². The van der Waals surface area contributed by atoms with Crippen LogP contribution < -0.4 is 24.8 Å². The Labute approximate surface area is 320 Å². The Balaban J connectivity index is 1.21. The van der Waals surface area contributed by atoms with E-state index in [0.717, 1.165) is 37.5 Å². The van der Waals surface area contributed by atoms with Gasteiger partial charge in [0.1, 0.15) is 35.6 Å². The minimum absolute atomic E-state index is 0.0000847. The molecule has 3 saturated carbocycles. The Morgan fingerprint density at radius 1 is 1.05 bits per heavy atom. The maximum Gasteiger partial charge on any atom is 0.408 e. The highest BCUT2D eigenvalue weighted by Crippen LogP contribution is 2.48. The van der Waals surface area contributed by atoms with E-state index in [1.54, 1.807) is 25.4 Å². The predicted octanol–water partition coefficient (Wildman–Crippen LogP) is 4.42. The first kappa shape index (κ1) is 38.8. The zero-order valence-corrected chi connectivity index (χ0v) is 32.2. The topological polar surface area (TPSA) is 182 Å². The van der Waals surface area contributed by atoms with Gasteiger partial charge in [0.15, 0.2) is 0 Å². The van der Waals surface area contributed by atoms with E-state index in [1.807, 2.05) is 35.9 Å². The van der Waals surface area contributed by atoms with Crippen molar-refractivity contribution in [1.29, 1.82) is 0 Å². The number of sulfonamides is 1. The summed E-state index contributed by atoms with van der Waals surface area (Å²) in [4.78, 5) is 62.1. The number of hydrogen-bond donors (Lipinski definition) is 3. The number of fused-ring (bicyclic) bond motifs is 3. The van der Waals surface area contributed by atoms with Crippen molar-refractivity contribution in [2.75, 3.05) is 13.7 Å². The summed E-state index contributed by atoms with van der Waals surface area (Å²) in [6, 6.07) is 4.99. The Bertz CT molecular complexity index is 1970. The van der Waals surface area contributed by atoms with Gasteiger partial charge in [-0.2, -0.15) is 0 Å². The summed E-state index contributed by atoms with van der Waals surface area (Å²) in [7, 11) is -3.09. The number of amides is 4. The largest absolute Gasteiger partial charge is 0.497 e. The van der Waals surface area contributed by atoms with Crippen molar-refractivity contribution in [3.05, 3.63) is 42.6 Å². The van der Waals surface area contributed by atoms with E-state index in [-0.39, 0.29) is 56.0 Å². The second kappa shape index (κ2) is 15.2. The van der Waals surface area contributed by atoms with Gasteiger partial charge in [-0.3, -0.25) is 14.4 Å². The maximum atomic E-state index is 14.8. The van der Waals surface area contributed by atoms with Gasteiger partial charge in [0, 0.05) is 36.8 Å². The fourth-order valence-corrected chi connectivity index (χ4v) is 9.56. The monoisotopic (exact) mass is 783 g/mol. The fourth-order valence-electron chi connectivity index (χ4n) is 8.31. The van der Waals surface area contributed by atoms with Crippen LogP contribution in [-0.4, -0.2) is 90.6 Å². The number of carbonyl (C=O) groups excluding carboxylic acids is 4. The molecule has 14 nitrogen and oxygen atoms in total. The van der Waals surface area contributed by atoms with Crippen molar-refractivity contribution in [2.24, 2.45) is 17.8 Å². The van der Waals surface area contributed by atoms with Crippen LogP contribution in [0.15, 0.2) is 42.6 Å². The van der Waals surface area contributed by atoms with Crippen molar-refractivity contribution in [3.8, 4) is 11.6 Å². The van der Waals surface area contributed by atoms with Gasteiger partial charge in [0.25, 0.3) is 15.9 Å². The van der Waals surface area contributed by atoms with Gasteiger partial charge >= 0.3 is 6.09 Å². The number of halogens is 1. The summed E-state index contributed by atoms with van der Waals surface area (Å²) in [5, 5.41) is 4.60. The first-order chi connectivity index (χ1) is 26.2. The number of ether oxygens (including phenoxy) is 3. The number of nitrogens with one attached hydrogen (secondary N) is 3. The average Bonchev–Trinajstić information content (AvgIpc) is 3.92. The lowest BCUT2D eigenvalue weighted by atomic mass is 9.88. The first-order valence-electron chi connectivity index (χ1n) is 19.3. The zero-order valence-electron chi connectivity index (χ0n) is 31.4. The van der Waals surface area contributed by atoms with Crippen LogP contribution in [0.25, 0.3) is 10.8 Å². The van der Waals surface area contributed by atoms with Gasteiger partial charge in [-0.1, -0.05) is 26.0 Å². The third-order valence-electron chi connectivity index (χ3n) is 11.8. The van der Waals surface area contributed by atoms with Crippen LogP contribution in [0.3, 0.4) is 0 Å². The molecule has 0 unspecified atom stereocenters. The lowest BCUT2D eigenvalue weighted by molar-refractivity contribution is -0.142. The second-order valence-electron chi connectivity index (χ2n) is 16.0. The molecule has 2 aromatic rings. The van der Waals surface area contributed by atoms with E-state index >= 15 is 0 Å². The Hall–Kier alpha value is -4.47. The Kier molecular flexibility index (Phi) is 10.7. The van der Waals surface area contributed by atoms with Crippen LogP contribution in [0.5, 0.6) is 11.6 Å². The number of alkyl halides is 1. The number of pyridine rings is 1. The van der Waals surface area contributed by atoms with E-state index in [1.165, 1.54) is 4.90 Å². The van der Waals surface area contributed by atoms with E-state index < -0.39 is 68.5 Å². The highest BCUT2D eigenvalue weighted by Gasteiger charge is 2.64. The van der Waals surface area contributed by atoms with E-state index in [2.05, 4.69) is 22.5 Å². The quantitative estimate of drug-likeness (QED) is 0.324. The molecule has 4 fully saturated rings. The molecular weight excluding hydrogens is 734 g/mol. The molecule has 5 aliphatic rings. The normalized spacial score (nSPS) is 31.5. The van der Waals surface area contributed by atoms with Crippen LogP contribution in [0.4, 0.5) is 9.18 Å². The minimum atomic E-state index is -4.66. The molecule has 3 aliphatic carbocycles.